The highest BCUT2D eigenvalue weighted by atomic mass is 16.5. The molecular formula is C18H26N2O. The van der Waals surface area contributed by atoms with Gasteiger partial charge in [0.15, 0.2) is 0 Å². The van der Waals surface area contributed by atoms with Crippen LogP contribution in [0.3, 0.4) is 0 Å². The van der Waals surface area contributed by atoms with Gasteiger partial charge < -0.3 is 15.0 Å². The van der Waals surface area contributed by atoms with Crippen LogP contribution in [0.25, 0.3) is 0 Å². The summed E-state index contributed by atoms with van der Waals surface area (Å²) in [5.41, 5.74) is 3.29. The Morgan fingerprint density at radius 1 is 1.29 bits per heavy atom. The topological polar surface area (TPSA) is 24.5 Å². The van der Waals surface area contributed by atoms with Gasteiger partial charge in [-0.05, 0) is 43.7 Å². The fourth-order valence-electron chi connectivity index (χ4n) is 3.80. The van der Waals surface area contributed by atoms with Crippen LogP contribution in [0.1, 0.15) is 31.2 Å². The maximum Gasteiger partial charge on any atom is 0.0552 e. The number of nitrogens with zero attached hydrogens (tertiary/aromatic N) is 1. The first-order valence-electron chi connectivity index (χ1n) is 8.49. The second-order valence-corrected chi connectivity index (χ2v) is 7.11. The quantitative estimate of drug-likeness (QED) is 0.900. The Balaban J connectivity index is 1.50. The van der Waals surface area contributed by atoms with E-state index >= 15 is 0 Å². The average molecular weight is 286 g/mol. The van der Waals surface area contributed by atoms with Gasteiger partial charge in [0.2, 0.25) is 0 Å². The summed E-state index contributed by atoms with van der Waals surface area (Å²) >= 11 is 0. The van der Waals surface area contributed by atoms with Crippen molar-refractivity contribution in [3.8, 4) is 0 Å². The molecule has 1 atom stereocenters. The number of benzene rings is 1. The molecule has 0 radical (unpaired) electrons. The maximum atomic E-state index is 5.78. The van der Waals surface area contributed by atoms with E-state index in [1.807, 2.05) is 0 Å². The predicted octanol–water partition coefficient (Wildman–Crippen LogP) is 2.60. The third-order valence-corrected chi connectivity index (χ3v) is 5.26. The van der Waals surface area contributed by atoms with Gasteiger partial charge in [0, 0.05) is 43.4 Å². The molecule has 2 heterocycles. The van der Waals surface area contributed by atoms with Crippen molar-refractivity contribution < 1.29 is 4.74 Å². The van der Waals surface area contributed by atoms with Gasteiger partial charge >= 0.3 is 0 Å². The first-order valence-corrected chi connectivity index (χ1v) is 8.49. The molecule has 2 aliphatic heterocycles. The van der Waals surface area contributed by atoms with Gasteiger partial charge in [-0.15, -0.1) is 0 Å². The number of ether oxygens (including phenoxy) is 1. The molecule has 3 aliphatic rings. The molecule has 1 aromatic rings. The van der Waals surface area contributed by atoms with Gasteiger partial charge in [0.25, 0.3) is 0 Å². The Morgan fingerprint density at radius 2 is 2.19 bits per heavy atom. The van der Waals surface area contributed by atoms with E-state index in [4.69, 9.17) is 4.74 Å². The molecule has 1 N–H and O–H groups in total. The first kappa shape index (κ1) is 13.6. The number of hydrogen-bond donors (Lipinski definition) is 1. The van der Waals surface area contributed by atoms with Gasteiger partial charge in [-0.3, -0.25) is 0 Å². The average Bonchev–Trinajstić information content (AvgIpc) is 3.25. The van der Waals surface area contributed by atoms with Gasteiger partial charge in [-0.1, -0.05) is 18.2 Å². The van der Waals surface area contributed by atoms with Gasteiger partial charge in [-0.2, -0.15) is 0 Å². The monoisotopic (exact) mass is 286 g/mol. The molecule has 114 valence electrons. The molecule has 1 saturated heterocycles. The van der Waals surface area contributed by atoms with Gasteiger partial charge in [0.05, 0.1) is 6.61 Å². The van der Waals surface area contributed by atoms with Crippen LogP contribution in [0.5, 0.6) is 0 Å². The van der Waals surface area contributed by atoms with Crippen LogP contribution >= 0.6 is 0 Å². The number of nitrogens with one attached hydrogen (secondary N) is 1. The fourth-order valence-corrected chi connectivity index (χ4v) is 3.80. The molecular weight excluding hydrogens is 260 g/mol. The van der Waals surface area contributed by atoms with E-state index in [-0.39, 0.29) is 0 Å². The number of hydrogen-bond acceptors (Lipinski definition) is 3. The van der Waals surface area contributed by atoms with Crippen molar-refractivity contribution in [2.75, 3.05) is 37.7 Å². The lowest BCUT2D eigenvalue weighted by Crippen LogP contribution is -2.46. The largest absolute Gasteiger partial charge is 0.381 e. The van der Waals surface area contributed by atoms with Gasteiger partial charge in [-0.25, -0.2) is 0 Å². The molecule has 21 heavy (non-hydrogen) atoms. The van der Waals surface area contributed by atoms with Crippen molar-refractivity contribution in [1.82, 2.24) is 5.32 Å². The smallest absolute Gasteiger partial charge is 0.0552 e. The molecule has 0 amide bonds. The first-order chi connectivity index (χ1) is 10.3. The Kier molecular flexibility index (Phi) is 3.64. The molecule has 3 nitrogen and oxygen atoms in total. The second kappa shape index (κ2) is 5.62. The van der Waals surface area contributed by atoms with Crippen LogP contribution in [0.2, 0.25) is 0 Å². The van der Waals surface area contributed by atoms with Crippen molar-refractivity contribution in [1.29, 1.82) is 0 Å². The van der Waals surface area contributed by atoms with E-state index in [1.165, 1.54) is 49.9 Å². The Morgan fingerprint density at radius 3 is 3.00 bits per heavy atom. The number of aryl methyl sites for hydroxylation is 1. The van der Waals surface area contributed by atoms with Crippen molar-refractivity contribution in [2.24, 2.45) is 5.41 Å². The molecule has 0 aromatic heterocycles. The van der Waals surface area contributed by atoms with E-state index in [2.05, 4.69) is 34.5 Å². The summed E-state index contributed by atoms with van der Waals surface area (Å²) in [4.78, 5) is 2.61. The van der Waals surface area contributed by atoms with E-state index in [1.54, 1.807) is 0 Å². The summed E-state index contributed by atoms with van der Waals surface area (Å²) in [6, 6.07) is 9.73. The zero-order valence-electron chi connectivity index (χ0n) is 12.8. The Labute approximate surface area is 127 Å². The maximum absolute atomic E-state index is 5.78. The summed E-state index contributed by atoms with van der Waals surface area (Å²) in [5.74, 6) is 0. The number of para-hydroxylation sites is 1. The van der Waals surface area contributed by atoms with E-state index in [9.17, 15) is 0 Å². The molecule has 0 spiro atoms. The van der Waals surface area contributed by atoms with Crippen LogP contribution in [0, 0.1) is 5.41 Å². The van der Waals surface area contributed by atoms with Crippen molar-refractivity contribution in [2.45, 2.75) is 38.1 Å². The predicted molar refractivity (Wildman–Crippen MR) is 85.9 cm³/mol. The lowest BCUT2D eigenvalue weighted by molar-refractivity contribution is 0.151. The molecule has 3 heteroatoms. The number of anilines is 1. The molecule has 4 rings (SSSR count). The lowest BCUT2D eigenvalue weighted by Gasteiger charge is -2.39. The zero-order chi connectivity index (χ0) is 14.1. The van der Waals surface area contributed by atoms with Crippen molar-refractivity contribution in [3.63, 3.8) is 0 Å². The molecule has 2 fully saturated rings. The standard InChI is InChI=1S/C18H26N2O/c1-2-6-17-15(4-1)5-3-10-20(17)13-18(9-11-21-14-18)12-19-16-7-8-16/h1-2,4,6,16,19H,3,5,7-14H2. The third-order valence-electron chi connectivity index (χ3n) is 5.26. The third kappa shape index (κ3) is 2.95. The molecule has 1 aliphatic carbocycles. The SMILES string of the molecule is c1ccc2c(c1)CCCN2CC1(CNC2CC2)CCOC1. The van der Waals surface area contributed by atoms with Crippen molar-refractivity contribution in [3.05, 3.63) is 29.8 Å². The van der Waals surface area contributed by atoms with E-state index < -0.39 is 0 Å². The summed E-state index contributed by atoms with van der Waals surface area (Å²) in [7, 11) is 0. The number of fused-ring (bicyclic) bond motifs is 1. The highest BCUT2D eigenvalue weighted by molar-refractivity contribution is 5.55. The normalized spacial score (nSPS) is 28.7. The summed E-state index contributed by atoms with van der Waals surface area (Å²) in [6.07, 6.45) is 6.44. The Bertz CT molecular complexity index is 492. The van der Waals surface area contributed by atoms with Crippen LogP contribution in [-0.2, 0) is 11.2 Å². The number of rotatable bonds is 5. The lowest BCUT2D eigenvalue weighted by atomic mass is 9.85. The molecule has 1 aromatic carbocycles. The highest BCUT2D eigenvalue weighted by Crippen LogP contribution is 2.35. The molecule has 1 unspecified atom stereocenters. The zero-order valence-corrected chi connectivity index (χ0v) is 12.8. The summed E-state index contributed by atoms with van der Waals surface area (Å²) in [5, 5.41) is 3.75. The minimum atomic E-state index is 0.313. The molecule has 0 bridgehead atoms. The summed E-state index contributed by atoms with van der Waals surface area (Å²) < 4.78 is 5.78. The Hall–Kier alpha value is -1.06. The fraction of sp³-hybridized carbons (Fsp3) is 0.667. The van der Waals surface area contributed by atoms with Gasteiger partial charge in [0.1, 0.15) is 0 Å². The summed E-state index contributed by atoms with van der Waals surface area (Å²) in [6.45, 7) is 5.31. The minimum Gasteiger partial charge on any atom is -0.381 e. The van der Waals surface area contributed by atoms with Crippen LogP contribution in [0.15, 0.2) is 24.3 Å². The second-order valence-electron chi connectivity index (χ2n) is 7.11. The molecule has 1 saturated carbocycles. The van der Waals surface area contributed by atoms with E-state index in [0.717, 1.165) is 32.3 Å². The minimum absolute atomic E-state index is 0.313. The van der Waals surface area contributed by atoms with Crippen molar-refractivity contribution >= 4 is 5.69 Å². The van der Waals surface area contributed by atoms with Crippen LogP contribution in [0.4, 0.5) is 5.69 Å². The van der Waals surface area contributed by atoms with Crippen LogP contribution in [-0.4, -0.2) is 38.9 Å². The van der Waals surface area contributed by atoms with E-state index in [0.29, 0.717) is 5.41 Å². The highest BCUT2D eigenvalue weighted by Gasteiger charge is 2.38. The van der Waals surface area contributed by atoms with Crippen LogP contribution < -0.4 is 10.2 Å².